The molecule has 0 aliphatic carbocycles. The molecule has 1 heterocycles. The minimum absolute atomic E-state index is 0.987. The fourth-order valence-electron chi connectivity index (χ4n) is 1.42. The van der Waals surface area contributed by atoms with Gasteiger partial charge in [0.15, 0.2) is 0 Å². The fourth-order valence-corrected chi connectivity index (χ4v) is 1.42. The third kappa shape index (κ3) is 2.53. The van der Waals surface area contributed by atoms with E-state index in [1.807, 2.05) is 36.4 Å². The Kier molecular flexibility index (Phi) is 2.93. The van der Waals surface area contributed by atoms with Gasteiger partial charge in [-0.1, -0.05) is 36.4 Å². The molecule has 0 saturated carbocycles. The Bertz CT molecular complexity index is 458. The summed E-state index contributed by atoms with van der Waals surface area (Å²) in [6.07, 6.45) is 5.93. The molecule has 0 amide bonds. The number of aryl methyl sites for hydroxylation is 1. The van der Waals surface area contributed by atoms with Crippen LogP contribution in [-0.2, 0) is 0 Å². The lowest BCUT2D eigenvalue weighted by atomic mass is 10.1. The van der Waals surface area contributed by atoms with Crippen LogP contribution in [0, 0.1) is 6.92 Å². The number of hydrogen-bond donors (Lipinski definition) is 0. The van der Waals surface area contributed by atoms with Crippen LogP contribution in [0.2, 0.25) is 0 Å². The Morgan fingerprint density at radius 3 is 2.47 bits per heavy atom. The van der Waals surface area contributed by atoms with Crippen molar-refractivity contribution in [1.29, 1.82) is 0 Å². The molecule has 2 aromatic rings. The summed E-state index contributed by atoms with van der Waals surface area (Å²) < 4.78 is 0. The largest absolute Gasteiger partial charge is 0.257 e. The van der Waals surface area contributed by atoms with Crippen LogP contribution in [0.5, 0.6) is 0 Å². The van der Waals surface area contributed by atoms with Crippen molar-refractivity contribution < 1.29 is 0 Å². The van der Waals surface area contributed by atoms with E-state index in [1.165, 1.54) is 11.1 Å². The smallest absolute Gasteiger partial charge is 0.0629 e. The second-order valence-electron chi connectivity index (χ2n) is 3.44. The maximum absolute atomic E-state index is 4.24. The first-order chi connectivity index (χ1) is 7.36. The molecule has 0 unspecified atom stereocenters. The summed E-state index contributed by atoms with van der Waals surface area (Å²) in [5, 5.41) is 0. The van der Waals surface area contributed by atoms with E-state index >= 15 is 0 Å². The molecule has 0 fully saturated rings. The van der Waals surface area contributed by atoms with Crippen molar-refractivity contribution in [3.63, 3.8) is 0 Å². The van der Waals surface area contributed by atoms with Gasteiger partial charge in [0.05, 0.1) is 5.69 Å². The highest BCUT2D eigenvalue weighted by Crippen LogP contribution is 2.10. The van der Waals surface area contributed by atoms with Crippen LogP contribution in [0.15, 0.2) is 48.7 Å². The number of rotatable bonds is 2. The summed E-state index contributed by atoms with van der Waals surface area (Å²) in [7, 11) is 0. The average Bonchev–Trinajstić information content (AvgIpc) is 2.29. The summed E-state index contributed by atoms with van der Waals surface area (Å²) in [5.41, 5.74) is 3.51. The molecule has 74 valence electrons. The molecule has 0 bridgehead atoms. The molecule has 1 nitrogen and oxygen atoms in total. The molecule has 2 rings (SSSR count). The van der Waals surface area contributed by atoms with Crippen LogP contribution >= 0.6 is 0 Å². The van der Waals surface area contributed by atoms with E-state index in [2.05, 4.69) is 30.1 Å². The predicted molar refractivity (Wildman–Crippen MR) is 64.3 cm³/mol. The highest BCUT2D eigenvalue weighted by Gasteiger charge is 1.91. The molecular weight excluding hydrogens is 182 g/mol. The van der Waals surface area contributed by atoms with Crippen LogP contribution in [0.3, 0.4) is 0 Å². The van der Waals surface area contributed by atoms with Gasteiger partial charge in [0.25, 0.3) is 0 Å². The monoisotopic (exact) mass is 195 g/mol. The van der Waals surface area contributed by atoms with E-state index in [1.54, 1.807) is 6.20 Å². The van der Waals surface area contributed by atoms with E-state index in [0.717, 1.165) is 5.69 Å². The van der Waals surface area contributed by atoms with Crippen molar-refractivity contribution in [2.45, 2.75) is 6.92 Å². The third-order valence-electron chi connectivity index (χ3n) is 2.31. The number of hydrogen-bond acceptors (Lipinski definition) is 1. The zero-order valence-corrected chi connectivity index (χ0v) is 8.72. The van der Waals surface area contributed by atoms with Crippen LogP contribution in [0.4, 0.5) is 0 Å². The summed E-state index contributed by atoms with van der Waals surface area (Å²) in [6, 6.07) is 14.2. The van der Waals surface area contributed by atoms with Crippen molar-refractivity contribution in [3.05, 3.63) is 65.5 Å². The maximum Gasteiger partial charge on any atom is 0.0629 e. The van der Waals surface area contributed by atoms with E-state index in [4.69, 9.17) is 0 Å². The van der Waals surface area contributed by atoms with E-state index in [9.17, 15) is 0 Å². The molecule has 0 N–H and O–H groups in total. The summed E-state index contributed by atoms with van der Waals surface area (Å²) in [4.78, 5) is 4.24. The summed E-state index contributed by atoms with van der Waals surface area (Å²) in [6.45, 7) is 2.11. The Balaban J connectivity index is 2.23. The van der Waals surface area contributed by atoms with Gasteiger partial charge in [0.1, 0.15) is 0 Å². The van der Waals surface area contributed by atoms with Gasteiger partial charge in [-0.25, -0.2) is 0 Å². The topological polar surface area (TPSA) is 12.9 Å². The average molecular weight is 195 g/mol. The zero-order valence-electron chi connectivity index (χ0n) is 8.72. The lowest BCUT2D eigenvalue weighted by molar-refractivity contribution is 1.30. The fraction of sp³-hybridized carbons (Fsp3) is 0.0714. The Morgan fingerprint density at radius 2 is 1.73 bits per heavy atom. The van der Waals surface area contributed by atoms with Crippen molar-refractivity contribution in [3.8, 4) is 0 Å². The first-order valence-electron chi connectivity index (χ1n) is 5.01. The van der Waals surface area contributed by atoms with Crippen molar-refractivity contribution in [1.82, 2.24) is 4.98 Å². The van der Waals surface area contributed by atoms with E-state index in [0.29, 0.717) is 0 Å². The molecule has 0 radical (unpaired) electrons. The maximum atomic E-state index is 4.24. The molecule has 1 heteroatoms. The van der Waals surface area contributed by atoms with E-state index < -0.39 is 0 Å². The third-order valence-corrected chi connectivity index (χ3v) is 2.31. The Labute approximate surface area is 90.1 Å². The van der Waals surface area contributed by atoms with Gasteiger partial charge in [-0.05, 0) is 36.3 Å². The van der Waals surface area contributed by atoms with Gasteiger partial charge in [-0.3, -0.25) is 4.98 Å². The molecule has 0 saturated heterocycles. The normalized spacial score (nSPS) is 10.7. The molecule has 0 atom stereocenters. The van der Waals surface area contributed by atoms with Gasteiger partial charge in [-0.2, -0.15) is 0 Å². The van der Waals surface area contributed by atoms with Crippen LogP contribution < -0.4 is 0 Å². The molecule has 0 aliphatic rings. The van der Waals surface area contributed by atoms with Crippen LogP contribution in [0.1, 0.15) is 16.8 Å². The van der Waals surface area contributed by atoms with Crippen LogP contribution in [0.25, 0.3) is 12.2 Å². The van der Waals surface area contributed by atoms with Gasteiger partial charge in [0.2, 0.25) is 0 Å². The van der Waals surface area contributed by atoms with Crippen LogP contribution in [-0.4, -0.2) is 4.98 Å². The van der Waals surface area contributed by atoms with Gasteiger partial charge in [0, 0.05) is 6.20 Å². The zero-order chi connectivity index (χ0) is 10.5. The second kappa shape index (κ2) is 4.56. The van der Waals surface area contributed by atoms with Gasteiger partial charge < -0.3 is 0 Å². The van der Waals surface area contributed by atoms with E-state index in [-0.39, 0.29) is 0 Å². The highest BCUT2D eigenvalue weighted by molar-refractivity contribution is 5.69. The molecule has 1 aromatic heterocycles. The van der Waals surface area contributed by atoms with Crippen molar-refractivity contribution in [2.24, 2.45) is 0 Å². The number of nitrogens with zero attached hydrogens (tertiary/aromatic N) is 1. The lowest BCUT2D eigenvalue weighted by Gasteiger charge is -1.98. The SMILES string of the molecule is Cc1ccccc1/C=C/c1ccccn1. The minimum Gasteiger partial charge on any atom is -0.257 e. The Morgan fingerprint density at radius 1 is 0.933 bits per heavy atom. The Hall–Kier alpha value is -1.89. The quantitative estimate of drug-likeness (QED) is 0.714. The first-order valence-corrected chi connectivity index (χ1v) is 5.01. The number of pyridine rings is 1. The molecule has 15 heavy (non-hydrogen) atoms. The molecule has 1 aromatic carbocycles. The molecule has 0 aliphatic heterocycles. The number of aromatic nitrogens is 1. The van der Waals surface area contributed by atoms with Gasteiger partial charge >= 0.3 is 0 Å². The summed E-state index contributed by atoms with van der Waals surface area (Å²) in [5.74, 6) is 0. The standard InChI is InChI=1S/C14H13N/c1-12-6-2-3-7-13(12)9-10-14-8-4-5-11-15-14/h2-11H,1H3/b10-9+. The minimum atomic E-state index is 0.987. The predicted octanol–water partition coefficient (Wildman–Crippen LogP) is 3.56. The molecular formula is C14H13N. The molecule has 0 spiro atoms. The lowest BCUT2D eigenvalue weighted by Crippen LogP contribution is -1.79. The number of benzene rings is 1. The second-order valence-corrected chi connectivity index (χ2v) is 3.44. The highest BCUT2D eigenvalue weighted by atomic mass is 14.6. The van der Waals surface area contributed by atoms with Crippen molar-refractivity contribution in [2.75, 3.05) is 0 Å². The van der Waals surface area contributed by atoms with Gasteiger partial charge in [-0.15, -0.1) is 0 Å². The first kappa shape index (κ1) is 9.66. The summed E-state index contributed by atoms with van der Waals surface area (Å²) >= 11 is 0. The van der Waals surface area contributed by atoms with Crippen molar-refractivity contribution >= 4 is 12.2 Å².